The van der Waals surface area contributed by atoms with Crippen LogP contribution in [0.3, 0.4) is 0 Å². The lowest BCUT2D eigenvalue weighted by Gasteiger charge is -2.07. The average Bonchev–Trinajstić information content (AvgIpc) is 2.79. The number of nitrogens with one attached hydrogen (secondary N) is 1. The van der Waals surface area contributed by atoms with Gasteiger partial charge >= 0.3 is 0 Å². The minimum Gasteiger partial charge on any atom is -0.378 e. The first-order chi connectivity index (χ1) is 8.56. The molecule has 0 radical (unpaired) electrons. The summed E-state index contributed by atoms with van der Waals surface area (Å²) in [6, 6.07) is 2.28. The van der Waals surface area contributed by atoms with Crippen LogP contribution < -0.4 is 5.32 Å². The Morgan fingerprint density at radius 1 is 1.44 bits per heavy atom. The van der Waals surface area contributed by atoms with Crippen LogP contribution in [0.15, 0.2) is 29.1 Å². The minimum absolute atomic E-state index is 0.370. The molecule has 0 atom stereocenters. The molecule has 2 heterocycles. The average molecular weight is 330 g/mol. The van der Waals surface area contributed by atoms with Crippen molar-refractivity contribution in [3.63, 3.8) is 0 Å². The van der Waals surface area contributed by atoms with Gasteiger partial charge in [0.25, 0.3) is 0 Å². The smallest absolute Gasteiger partial charge is 0.152 e. The van der Waals surface area contributed by atoms with E-state index in [0.717, 1.165) is 15.7 Å². The summed E-state index contributed by atoms with van der Waals surface area (Å²) in [4.78, 5) is 4.06. The van der Waals surface area contributed by atoms with Crippen LogP contribution in [0, 0.1) is 0 Å². The highest BCUT2D eigenvalue weighted by molar-refractivity contribution is 9.10. The van der Waals surface area contributed by atoms with Gasteiger partial charge in [0.2, 0.25) is 0 Å². The highest BCUT2D eigenvalue weighted by atomic mass is 79.9. The van der Waals surface area contributed by atoms with Crippen LogP contribution in [0.25, 0.3) is 0 Å². The standard InChI is InChI=1S/C12H14BrClN4/c1-8(2)18-7-9(5-17-18)4-15-11-3-10(13)6-16-12(11)14/h3,5-8,15H,4H2,1-2H3. The molecule has 0 fully saturated rings. The third-order valence-electron chi connectivity index (χ3n) is 2.47. The first-order valence-corrected chi connectivity index (χ1v) is 6.81. The molecule has 0 saturated carbocycles. The zero-order valence-electron chi connectivity index (χ0n) is 10.2. The maximum atomic E-state index is 6.00. The molecular weight excluding hydrogens is 316 g/mol. The van der Waals surface area contributed by atoms with E-state index in [2.05, 4.69) is 45.2 Å². The Balaban J connectivity index is 2.04. The van der Waals surface area contributed by atoms with Crippen LogP contribution in [0.1, 0.15) is 25.5 Å². The van der Waals surface area contributed by atoms with Crippen molar-refractivity contribution in [2.45, 2.75) is 26.4 Å². The van der Waals surface area contributed by atoms with Gasteiger partial charge in [-0.05, 0) is 35.8 Å². The topological polar surface area (TPSA) is 42.7 Å². The van der Waals surface area contributed by atoms with Gasteiger partial charge in [0.05, 0.1) is 11.9 Å². The van der Waals surface area contributed by atoms with Gasteiger partial charge in [-0.2, -0.15) is 5.10 Å². The van der Waals surface area contributed by atoms with Crippen molar-refractivity contribution in [1.82, 2.24) is 14.8 Å². The van der Waals surface area contributed by atoms with E-state index in [1.807, 2.05) is 23.1 Å². The Labute approximate surface area is 119 Å². The van der Waals surface area contributed by atoms with E-state index in [0.29, 0.717) is 17.7 Å². The monoisotopic (exact) mass is 328 g/mol. The molecule has 4 nitrogen and oxygen atoms in total. The molecule has 0 spiro atoms. The van der Waals surface area contributed by atoms with Crippen molar-refractivity contribution >= 4 is 33.2 Å². The third kappa shape index (κ3) is 3.23. The molecule has 0 aliphatic heterocycles. The molecule has 0 unspecified atom stereocenters. The number of pyridine rings is 1. The van der Waals surface area contributed by atoms with Crippen LogP contribution in [0.5, 0.6) is 0 Å². The highest BCUT2D eigenvalue weighted by Gasteiger charge is 2.04. The lowest BCUT2D eigenvalue weighted by molar-refractivity contribution is 0.532. The van der Waals surface area contributed by atoms with Gasteiger partial charge in [-0.15, -0.1) is 0 Å². The van der Waals surface area contributed by atoms with Crippen molar-refractivity contribution in [2.75, 3.05) is 5.32 Å². The van der Waals surface area contributed by atoms with Gasteiger partial charge in [0.15, 0.2) is 5.15 Å². The van der Waals surface area contributed by atoms with Crippen LogP contribution >= 0.6 is 27.5 Å². The Kier molecular flexibility index (Phi) is 4.24. The summed E-state index contributed by atoms with van der Waals surface area (Å²) in [7, 11) is 0. The normalized spacial score (nSPS) is 10.9. The molecule has 2 aromatic rings. The van der Waals surface area contributed by atoms with Crippen LogP contribution in [-0.2, 0) is 6.54 Å². The summed E-state index contributed by atoms with van der Waals surface area (Å²) >= 11 is 9.37. The minimum atomic E-state index is 0.370. The molecular formula is C12H14BrClN4. The van der Waals surface area contributed by atoms with E-state index in [-0.39, 0.29) is 0 Å². The van der Waals surface area contributed by atoms with Gasteiger partial charge < -0.3 is 5.32 Å². The Bertz CT molecular complexity index is 539. The number of aromatic nitrogens is 3. The molecule has 0 saturated heterocycles. The number of halogens is 2. The van der Waals surface area contributed by atoms with E-state index in [9.17, 15) is 0 Å². The van der Waals surface area contributed by atoms with Crippen LogP contribution in [0.4, 0.5) is 5.69 Å². The molecule has 0 aliphatic carbocycles. The summed E-state index contributed by atoms with van der Waals surface area (Å²) in [5.74, 6) is 0. The van der Waals surface area contributed by atoms with Crippen molar-refractivity contribution in [3.8, 4) is 0 Å². The van der Waals surface area contributed by atoms with Crippen molar-refractivity contribution in [1.29, 1.82) is 0 Å². The summed E-state index contributed by atoms with van der Waals surface area (Å²) in [5.41, 5.74) is 1.92. The fraction of sp³-hybridized carbons (Fsp3) is 0.333. The van der Waals surface area contributed by atoms with Gasteiger partial charge in [-0.3, -0.25) is 4.68 Å². The zero-order valence-corrected chi connectivity index (χ0v) is 12.5. The highest BCUT2D eigenvalue weighted by Crippen LogP contribution is 2.23. The van der Waals surface area contributed by atoms with Crippen molar-refractivity contribution < 1.29 is 0 Å². The number of rotatable bonds is 4. The molecule has 1 N–H and O–H groups in total. The Hall–Kier alpha value is -1.07. The maximum absolute atomic E-state index is 6.00. The molecule has 0 aromatic carbocycles. The van der Waals surface area contributed by atoms with E-state index < -0.39 is 0 Å². The van der Waals surface area contributed by atoms with E-state index in [4.69, 9.17) is 11.6 Å². The lowest BCUT2D eigenvalue weighted by atomic mass is 10.3. The predicted octanol–water partition coefficient (Wildman–Crippen LogP) is 3.89. The van der Waals surface area contributed by atoms with Crippen molar-refractivity contribution in [2.24, 2.45) is 0 Å². The van der Waals surface area contributed by atoms with E-state index >= 15 is 0 Å². The Morgan fingerprint density at radius 3 is 2.89 bits per heavy atom. The molecule has 2 aromatic heterocycles. The fourth-order valence-electron chi connectivity index (χ4n) is 1.49. The van der Waals surface area contributed by atoms with Gasteiger partial charge in [-0.25, -0.2) is 4.98 Å². The summed E-state index contributed by atoms with van der Waals surface area (Å²) in [6.45, 7) is 4.86. The maximum Gasteiger partial charge on any atom is 0.152 e. The summed E-state index contributed by atoms with van der Waals surface area (Å²) < 4.78 is 2.82. The number of hydrogen-bond acceptors (Lipinski definition) is 3. The SMILES string of the molecule is CC(C)n1cc(CNc2cc(Br)cnc2Cl)cn1. The molecule has 18 heavy (non-hydrogen) atoms. The molecule has 6 heteroatoms. The number of nitrogens with zero attached hydrogens (tertiary/aromatic N) is 3. The molecule has 0 bridgehead atoms. The molecule has 2 rings (SSSR count). The van der Waals surface area contributed by atoms with E-state index in [1.54, 1.807) is 6.20 Å². The predicted molar refractivity (Wildman–Crippen MR) is 76.9 cm³/mol. The first kappa shape index (κ1) is 13.4. The third-order valence-corrected chi connectivity index (χ3v) is 3.21. The van der Waals surface area contributed by atoms with Gasteiger partial charge in [0.1, 0.15) is 0 Å². The summed E-state index contributed by atoms with van der Waals surface area (Å²) in [5, 5.41) is 8.00. The van der Waals surface area contributed by atoms with Crippen LogP contribution in [0.2, 0.25) is 5.15 Å². The number of hydrogen-bond donors (Lipinski definition) is 1. The first-order valence-electron chi connectivity index (χ1n) is 5.64. The van der Waals surface area contributed by atoms with Gasteiger partial charge in [-0.1, -0.05) is 11.6 Å². The largest absolute Gasteiger partial charge is 0.378 e. The lowest BCUT2D eigenvalue weighted by Crippen LogP contribution is -2.01. The number of anilines is 1. The van der Waals surface area contributed by atoms with Crippen LogP contribution in [-0.4, -0.2) is 14.8 Å². The fourth-order valence-corrected chi connectivity index (χ4v) is 2.00. The second-order valence-electron chi connectivity index (χ2n) is 4.27. The second-order valence-corrected chi connectivity index (χ2v) is 5.54. The van der Waals surface area contributed by atoms with E-state index in [1.165, 1.54) is 0 Å². The second kappa shape index (κ2) is 5.71. The molecule has 0 aliphatic rings. The molecule has 96 valence electrons. The zero-order chi connectivity index (χ0) is 13.1. The van der Waals surface area contributed by atoms with Gasteiger partial charge in [0, 0.05) is 35.0 Å². The Morgan fingerprint density at radius 2 is 2.22 bits per heavy atom. The van der Waals surface area contributed by atoms with Crippen molar-refractivity contribution in [3.05, 3.63) is 39.8 Å². The molecule has 0 amide bonds. The quantitative estimate of drug-likeness (QED) is 0.865. The summed E-state index contributed by atoms with van der Waals surface area (Å²) in [6.07, 6.45) is 5.55.